The summed E-state index contributed by atoms with van der Waals surface area (Å²) >= 11 is 0. The largest absolute Gasteiger partial charge is 0.444 e. The van der Waals surface area contributed by atoms with E-state index >= 15 is 0 Å². The van der Waals surface area contributed by atoms with Gasteiger partial charge in [-0.1, -0.05) is 24.3 Å². The fourth-order valence-corrected chi connectivity index (χ4v) is 5.21. The zero-order chi connectivity index (χ0) is 26.2. The molecular formula is C29H36N4O4. The first-order chi connectivity index (χ1) is 17.7. The fourth-order valence-electron chi connectivity index (χ4n) is 5.21. The number of aliphatic hydroxyl groups is 1. The van der Waals surface area contributed by atoms with Gasteiger partial charge in [0, 0.05) is 61.6 Å². The number of pyridine rings is 1. The van der Waals surface area contributed by atoms with Crippen LogP contribution in [0.2, 0.25) is 0 Å². The highest BCUT2D eigenvalue weighted by atomic mass is 16.6. The Hall–Kier alpha value is -3.52. The third kappa shape index (κ3) is 5.59. The molecule has 8 heteroatoms. The van der Waals surface area contributed by atoms with Crippen LogP contribution in [0.25, 0.3) is 22.0 Å². The number of hydrogen-bond acceptors (Lipinski definition) is 6. The average molecular weight is 505 g/mol. The van der Waals surface area contributed by atoms with Gasteiger partial charge in [-0.05, 0) is 63.3 Å². The van der Waals surface area contributed by atoms with Crippen LogP contribution in [0.1, 0.15) is 33.6 Å². The van der Waals surface area contributed by atoms with Gasteiger partial charge in [-0.25, -0.2) is 4.79 Å². The van der Waals surface area contributed by atoms with Gasteiger partial charge in [-0.3, -0.25) is 4.79 Å². The molecule has 5 rings (SSSR count). The van der Waals surface area contributed by atoms with Crippen molar-refractivity contribution in [3.8, 4) is 11.3 Å². The summed E-state index contributed by atoms with van der Waals surface area (Å²) in [5, 5.41) is 11.6. The maximum Gasteiger partial charge on any atom is 0.410 e. The summed E-state index contributed by atoms with van der Waals surface area (Å²) in [6.07, 6.45) is 1.16. The minimum Gasteiger partial charge on any atom is -0.444 e. The zero-order valence-corrected chi connectivity index (χ0v) is 21.9. The monoisotopic (exact) mass is 504 g/mol. The molecule has 3 heterocycles. The molecule has 2 fully saturated rings. The molecule has 2 aromatic carbocycles. The number of benzene rings is 2. The second-order valence-electron chi connectivity index (χ2n) is 11.0. The Morgan fingerprint density at radius 2 is 1.76 bits per heavy atom. The minimum absolute atomic E-state index is 0.128. The number of ether oxygens (including phenoxy) is 1. The molecule has 1 unspecified atom stereocenters. The number of anilines is 2. The molecule has 8 nitrogen and oxygen atoms in total. The lowest BCUT2D eigenvalue weighted by Gasteiger charge is -2.37. The van der Waals surface area contributed by atoms with Gasteiger partial charge in [0.25, 0.3) is 5.56 Å². The number of rotatable bonds is 3. The fraction of sp³-hybridized carbons (Fsp3) is 0.448. The summed E-state index contributed by atoms with van der Waals surface area (Å²) in [6.45, 7) is 9.61. The number of amides is 1. The third-order valence-electron chi connectivity index (χ3n) is 7.06. The maximum atomic E-state index is 13.2. The topological polar surface area (TPSA) is 89.1 Å². The van der Waals surface area contributed by atoms with E-state index in [0.29, 0.717) is 38.1 Å². The van der Waals surface area contributed by atoms with Crippen molar-refractivity contribution in [3.05, 3.63) is 58.9 Å². The summed E-state index contributed by atoms with van der Waals surface area (Å²) < 4.78 is 5.53. The number of H-pyrrole nitrogens is 1. The average Bonchev–Trinajstić information content (AvgIpc) is 2.87. The van der Waals surface area contributed by atoms with Crippen LogP contribution in [-0.4, -0.2) is 72.1 Å². The molecule has 0 saturated carbocycles. The van der Waals surface area contributed by atoms with E-state index in [4.69, 9.17) is 4.74 Å². The molecule has 0 radical (unpaired) electrons. The molecule has 196 valence electrons. The minimum atomic E-state index is -0.515. The van der Waals surface area contributed by atoms with Crippen molar-refractivity contribution in [1.82, 2.24) is 9.88 Å². The van der Waals surface area contributed by atoms with Crippen LogP contribution in [0.5, 0.6) is 0 Å². The van der Waals surface area contributed by atoms with Crippen LogP contribution in [0.4, 0.5) is 16.2 Å². The Morgan fingerprint density at radius 1 is 1.00 bits per heavy atom. The van der Waals surface area contributed by atoms with Crippen molar-refractivity contribution in [3.63, 3.8) is 0 Å². The van der Waals surface area contributed by atoms with Gasteiger partial charge < -0.3 is 29.5 Å². The number of aromatic amines is 1. The van der Waals surface area contributed by atoms with Crippen LogP contribution in [0.15, 0.2) is 53.3 Å². The van der Waals surface area contributed by atoms with Crippen LogP contribution >= 0.6 is 0 Å². The number of carbonyl (C=O) groups excluding carboxylic acids is 1. The first-order valence-corrected chi connectivity index (χ1v) is 13.1. The molecular weight excluding hydrogens is 468 g/mol. The molecule has 0 bridgehead atoms. The number of β-amino-alcohol motifs (C(OH)–C–C–N with tert-alkyl or cyclic N) is 1. The predicted molar refractivity (Wildman–Crippen MR) is 147 cm³/mol. The van der Waals surface area contributed by atoms with Gasteiger partial charge in [0.05, 0.1) is 11.8 Å². The summed E-state index contributed by atoms with van der Waals surface area (Å²) in [5.74, 6) is 0. The molecule has 1 amide bonds. The summed E-state index contributed by atoms with van der Waals surface area (Å²) in [7, 11) is 0. The highest BCUT2D eigenvalue weighted by Crippen LogP contribution is 2.32. The van der Waals surface area contributed by atoms with Crippen LogP contribution in [0, 0.1) is 0 Å². The normalized spacial score (nSPS) is 18.8. The summed E-state index contributed by atoms with van der Waals surface area (Å²) in [5.41, 5.74) is 3.07. The molecule has 2 saturated heterocycles. The first kappa shape index (κ1) is 25.1. The molecule has 2 N–H and O–H groups in total. The van der Waals surface area contributed by atoms with Crippen LogP contribution in [0.3, 0.4) is 0 Å². The van der Waals surface area contributed by atoms with E-state index in [1.54, 1.807) is 4.90 Å². The van der Waals surface area contributed by atoms with E-state index in [2.05, 4.69) is 20.9 Å². The van der Waals surface area contributed by atoms with Gasteiger partial charge in [0.1, 0.15) is 5.60 Å². The van der Waals surface area contributed by atoms with E-state index in [1.165, 1.54) is 0 Å². The molecule has 0 spiro atoms. The number of carbonyl (C=O) groups is 1. The highest BCUT2D eigenvalue weighted by Gasteiger charge is 2.27. The number of para-hydroxylation sites is 1. The summed E-state index contributed by atoms with van der Waals surface area (Å²) in [6, 6.07) is 16.0. The van der Waals surface area contributed by atoms with Crippen LogP contribution in [-0.2, 0) is 4.74 Å². The van der Waals surface area contributed by atoms with E-state index in [1.807, 2.05) is 63.2 Å². The van der Waals surface area contributed by atoms with Gasteiger partial charge in [0.2, 0.25) is 0 Å². The van der Waals surface area contributed by atoms with E-state index < -0.39 is 5.60 Å². The van der Waals surface area contributed by atoms with Crippen LogP contribution < -0.4 is 15.4 Å². The van der Waals surface area contributed by atoms with Crippen molar-refractivity contribution in [2.75, 3.05) is 49.1 Å². The van der Waals surface area contributed by atoms with Gasteiger partial charge in [-0.2, -0.15) is 0 Å². The van der Waals surface area contributed by atoms with Crippen molar-refractivity contribution in [2.45, 2.75) is 45.3 Å². The van der Waals surface area contributed by atoms with Crippen molar-refractivity contribution in [1.29, 1.82) is 0 Å². The Morgan fingerprint density at radius 3 is 2.49 bits per heavy atom. The number of aromatic nitrogens is 1. The molecule has 0 aliphatic carbocycles. The smallest absolute Gasteiger partial charge is 0.410 e. The number of aliphatic hydroxyl groups excluding tert-OH is 1. The summed E-state index contributed by atoms with van der Waals surface area (Å²) in [4.78, 5) is 34.9. The molecule has 2 aliphatic rings. The molecule has 1 atom stereocenters. The highest BCUT2D eigenvalue weighted by molar-refractivity contribution is 5.89. The Bertz CT molecular complexity index is 1340. The van der Waals surface area contributed by atoms with Gasteiger partial charge in [-0.15, -0.1) is 0 Å². The number of nitrogens with one attached hydrogen (secondary N) is 1. The number of piperidine rings is 1. The number of nitrogens with zero attached hydrogens (tertiary/aromatic N) is 3. The number of hydrogen-bond donors (Lipinski definition) is 2. The lowest BCUT2D eigenvalue weighted by atomic mass is 10.0. The Balaban J connectivity index is 1.38. The molecule has 3 aromatic rings. The van der Waals surface area contributed by atoms with E-state index in [9.17, 15) is 14.7 Å². The van der Waals surface area contributed by atoms with Gasteiger partial charge >= 0.3 is 6.09 Å². The maximum absolute atomic E-state index is 13.2. The SMILES string of the molecule is CC(C)(C)OC(=O)N1CCN(c2ccccc2-c2cc3ccc(N4CCCC(O)C4)cc3c(=O)[nH]2)CC1. The van der Waals surface area contributed by atoms with E-state index in [0.717, 1.165) is 47.4 Å². The predicted octanol–water partition coefficient (Wildman–Crippen LogP) is 4.21. The van der Waals surface area contributed by atoms with Gasteiger partial charge in [0.15, 0.2) is 0 Å². The zero-order valence-electron chi connectivity index (χ0n) is 21.9. The molecule has 1 aromatic heterocycles. The Kier molecular flexibility index (Phi) is 6.86. The number of piperazine rings is 1. The third-order valence-corrected chi connectivity index (χ3v) is 7.06. The lowest BCUT2D eigenvalue weighted by Crippen LogP contribution is -2.50. The first-order valence-electron chi connectivity index (χ1n) is 13.1. The van der Waals surface area contributed by atoms with Crippen molar-refractivity contribution in [2.24, 2.45) is 0 Å². The molecule has 2 aliphatic heterocycles. The quantitative estimate of drug-likeness (QED) is 0.556. The standard InChI is InChI=1S/C29H36N4O4/c1-29(2,3)37-28(36)32-15-13-31(14-16-32)26-9-5-4-8-23(26)25-17-20-10-11-21(18-24(20)27(35)30-25)33-12-6-7-22(34)19-33/h4-5,8-11,17-18,22,34H,6-7,12-16,19H2,1-3H3,(H,30,35). The number of fused-ring (bicyclic) bond motifs is 1. The lowest BCUT2D eigenvalue weighted by molar-refractivity contribution is 0.0240. The Labute approximate surface area is 217 Å². The second kappa shape index (κ2) is 10.1. The molecule has 37 heavy (non-hydrogen) atoms. The van der Waals surface area contributed by atoms with E-state index in [-0.39, 0.29) is 17.8 Å². The van der Waals surface area contributed by atoms with Crippen molar-refractivity contribution < 1.29 is 14.6 Å². The van der Waals surface area contributed by atoms with Crippen molar-refractivity contribution >= 4 is 28.2 Å². The second-order valence-corrected chi connectivity index (χ2v) is 11.0.